The lowest BCUT2D eigenvalue weighted by Crippen LogP contribution is -2.30. The molecule has 0 saturated heterocycles. The molecule has 68 valence electrons. The highest BCUT2D eigenvalue weighted by atomic mass is 15.1. The van der Waals surface area contributed by atoms with Gasteiger partial charge in [-0.1, -0.05) is 26.8 Å². The molecular weight excluding hydrogens is 134 g/mol. The molecule has 0 aliphatic rings. The van der Waals surface area contributed by atoms with Crippen molar-refractivity contribution in [3.63, 3.8) is 0 Å². The van der Waals surface area contributed by atoms with E-state index in [0.717, 1.165) is 13.1 Å². The van der Waals surface area contributed by atoms with E-state index in [1.807, 2.05) is 19.9 Å². The zero-order valence-electron chi connectivity index (χ0n) is 8.72. The van der Waals surface area contributed by atoms with Gasteiger partial charge in [-0.3, -0.25) is 4.90 Å². The van der Waals surface area contributed by atoms with Crippen molar-refractivity contribution in [3.8, 4) is 0 Å². The second-order valence-electron chi connectivity index (χ2n) is 2.47. The van der Waals surface area contributed by atoms with Crippen LogP contribution in [-0.4, -0.2) is 24.0 Å². The van der Waals surface area contributed by atoms with Crippen molar-refractivity contribution in [1.29, 1.82) is 0 Å². The molecule has 1 nitrogen and oxygen atoms in total. The lowest BCUT2D eigenvalue weighted by atomic mass is 10.3. The lowest BCUT2D eigenvalue weighted by molar-refractivity contribution is 0.259. The monoisotopic (exact) mass is 157 g/mol. The van der Waals surface area contributed by atoms with E-state index in [2.05, 4.69) is 32.3 Å². The lowest BCUT2D eigenvalue weighted by Gasteiger charge is -2.22. The van der Waals surface area contributed by atoms with Gasteiger partial charge in [-0.2, -0.15) is 0 Å². The number of likely N-dealkylation sites (N-methyl/N-ethyl adjacent to an activating group) is 1. The Bertz CT molecular complexity index is 76.9. The SMILES string of the molecule is C=CCN(CC)C(C)C.CC. The molecule has 0 saturated carbocycles. The zero-order valence-corrected chi connectivity index (χ0v) is 8.72. The number of hydrogen-bond acceptors (Lipinski definition) is 1. The van der Waals surface area contributed by atoms with Crippen LogP contribution in [0.4, 0.5) is 0 Å². The quantitative estimate of drug-likeness (QED) is 0.567. The van der Waals surface area contributed by atoms with Crippen LogP contribution in [-0.2, 0) is 0 Å². The molecule has 0 unspecified atom stereocenters. The third kappa shape index (κ3) is 7.60. The molecule has 0 aromatic rings. The van der Waals surface area contributed by atoms with Crippen molar-refractivity contribution in [1.82, 2.24) is 4.90 Å². The molecule has 11 heavy (non-hydrogen) atoms. The predicted octanol–water partition coefficient (Wildman–Crippen LogP) is 2.93. The summed E-state index contributed by atoms with van der Waals surface area (Å²) in [6.07, 6.45) is 1.95. The second-order valence-corrected chi connectivity index (χ2v) is 2.47. The molecule has 0 N–H and O–H groups in total. The summed E-state index contributed by atoms with van der Waals surface area (Å²) < 4.78 is 0. The smallest absolute Gasteiger partial charge is 0.0163 e. The largest absolute Gasteiger partial charge is 0.298 e. The van der Waals surface area contributed by atoms with Crippen LogP contribution in [0.25, 0.3) is 0 Å². The van der Waals surface area contributed by atoms with Crippen molar-refractivity contribution in [2.75, 3.05) is 13.1 Å². The van der Waals surface area contributed by atoms with Crippen LogP contribution in [0.15, 0.2) is 12.7 Å². The van der Waals surface area contributed by atoms with Crippen LogP contribution in [0.2, 0.25) is 0 Å². The van der Waals surface area contributed by atoms with Crippen molar-refractivity contribution >= 4 is 0 Å². The molecule has 0 fully saturated rings. The van der Waals surface area contributed by atoms with Gasteiger partial charge in [0.2, 0.25) is 0 Å². The minimum absolute atomic E-state index is 0.646. The van der Waals surface area contributed by atoms with E-state index in [4.69, 9.17) is 0 Å². The van der Waals surface area contributed by atoms with Gasteiger partial charge >= 0.3 is 0 Å². The fraction of sp³-hybridized carbons (Fsp3) is 0.800. The summed E-state index contributed by atoms with van der Waals surface area (Å²) in [6, 6.07) is 0.646. The summed E-state index contributed by atoms with van der Waals surface area (Å²) in [5, 5.41) is 0. The Labute approximate surface area is 72.1 Å². The topological polar surface area (TPSA) is 3.24 Å². The minimum atomic E-state index is 0.646. The first-order valence-electron chi connectivity index (χ1n) is 4.57. The van der Waals surface area contributed by atoms with Gasteiger partial charge in [0.15, 0.2) is 0 Å². The Morgan fingerprint density at radius 1 is 1.36 bits per heavy atom. The maximum atomic E-state index is 3.69. The van der Waals surface area contributed by atoms with Gasteiger partial charge in [-0.15, -0.1) is 6.58 Å². The van der Waals surface area contributed by atoms with Crippen molar-refractivity contribution in [3.05, 3.63) is 12.7 Å². The maximum Gasteiger partial charge on any atom is 0.0163 e. The maximum absolute atomic E-state index is 3.69. The zero-order chi connectivity index (χ0) is 9.28. The highest BCUT2D eigenvalue weighted by Crippen LogP contribution is 1.95. The summed E-state index contributed by atoms with van der Waals surface area (Å²) in [5.41, 5.74) is 0. The van der Waals surface area contributed by atoms with Crippen molar-refractivity contribution in [2.24, 2.45) is 0 Å². The number of nitrogens with zero attached hydrogens (tertiary/aromatic N) is 1. The first-order valence-corrected chi connectivity index (χ1v) is 4.57. The van der Waals surface area contributed by atoms with Gasteiger partial charge in [-0.25, -0.2) is 0 Å². The highest BCUT2D eigenvalue weighted by molar-refractivity contribution is 4.74. The van der Waals surface area contributed by atoms with Crippen molar-refractivity contribution in [2.45, 2.75) is 40.7 Å². The molecule has 0 heterocycles. The van der Waals surface area contributed by atoms with Crippen LogP contribution >= 0.6 is 0 Å². The molecule has 0 radical (unpaired) electrons. The Hall–Kier alpha value is -0.300. The van der Waals surface area contributed by atoms with E-state index in [-0.39, 0.29) is 0 Å². The fourth-order valence-electron chi connectivity index (χ4n) is 0.871. The predicted molar refractivity (Wildman–Crippen MR) is 53.9 cm³/mol. The minimum Gasteiger partial charge on any atom is -0.298 e. The van der Waals surface area contributed by atoms with Crippen LogP contribution in [0.5, 0.6) is 0 Å². The number of rotatable bonds is 4. The van der Waals surface area contributed by atoms with Gasteiger partial charge in [0.1, 0.15) is 0 Å². The highest BCUT2D eigenvalue weighted by Gasteiger charge is 2.01. The van der Waals surface area contributed by atoms with Crippen LogP contribution < -0.4 is 0 Å². The molecule has 0 bridgehead atoms. The molecular formula is C10H23N. The van der Waals surface area contributed by atoms with Gasteiger partial charge in [-0.05, 0) is 20.4 Å². The summed E-state index contributed by atoms with van der Waals surface area (Å²) in [7, 11) is 0. The van der Waals surface area contributed by atoms with E-state index in [1.54, 1.807) is 0 Å². The van der Waals surface area contributed by atoms with E-state index >= 15 is 0 Å². The van der Waals surface area contributed by atoms with Crippen LogP contribution in [0, 0.1) is 0 Å². The van der Waals surface area contributed by atoms with Crippen LogP contribution in [0.1, 0.15) is 34.6 Å². The Morgan fingerprint density at radius 3 is 1.91 bits per heavy atom. The first kappa shape index (κ1) is 13.3. The van der Waals surface area contributed by atoms with Gasteiger partial charge in [0.25, 0.3) is 0 Å². The van der Waals surface area contributed by atoms with E-state index in [0.29, 0.717) is 6.04 Å². The molecule has 0 aromatic heterocycles. The summed E-state index contributed by atoms with van der Waals surface area (Å²) >= 11 is 0. The molecule has 1 heteroatoms. The summed E-state index contributed by atoms with van der Waals surface area (Å²) in [6.45, 7) is 16.4. The molecule has 0 amide bonds. The third-order valence-corrected chi connectivity index (χ3v) is 1.50. The van der Waals surface area contributed by atoms with Gasteiger partial charge in [0, 0.05) is 12.6 Å². The van der Waals surface area contributed by atoms with E-state index in [1.165, 1.54) is 0 Å². The average molecular weight is 157 g/mol. The molecule has 0 aliphatic carbocycles. The standard InChI is InChI=1S/C8H17N.C2H6/c1-5-7-9(6-2)8(3)4;1-2/h5,8H,1,6-7H2,2-4H3;1-2H3. The molecule has 0 spiro atoms. The number of hydrogen-bond donors (Lipinski definition) is 0. The molecule has 0 aliphatic heterocycles. The van der Waals surface area contributed by atoms with Crippen molar-refractivity contribution < 1.29 is 0 Å². The molecule has 0 rings (SSSR count). The Morgan fingerprint density at radius 2 is 1.82 bits per heavy atom. The molecule has 0 aromatic carbocycles. The van der Waals surface area contributed by atoms with Gasteiger partial charge < -0.3 is 0 Å². The third-order valence-electron chi connectivity index (χ3n) is 1.50. The normalized spacial score (nSPS) is 9.36. The van der Waals surface area contributed by atoms with Gasteiger partial charge in [0.05, 0.1) is 0 Å². The Kier molecular flexibility index (Phi) is 11.7. The second kappa shape index (κ2) is 9.70. The first-order chi connectivity index (χ1) is 5.22. The van der Waals surface area contributed by atoms with E-state index < -0.39 is 0 Å². The van der Waals surface area contributed by atoms with Crippen LogP contribution in [0.3, 0.4) is 0 Å². The summed E-state index contributed by atoms with van der Waals surface area (Å²) in [4.78, 5) is 2.35. The Balaban J connectivity index is 0. The fourth-order valence-corrected chi connectivity index (χ4v) is 0.871. The molecule has 0 atom stereocenters. The van der Waals surface area contributed by atoms with E-state index in [9.17, 15) is 0 Å². The average Bonchev–Trinajstić information content (AvgIpc) is 2.03. The summed E-state index contributed by atoms with van der Waals surface area (Å²) in [5.74, 6) is 0.